The highest BCUT2D eigenvalue weighted by Crippen LogP contribution is 2.19. The van der Waals surface area contributed by atoms with Gasteiger partial charge in [0.2, 0.25) is 0 Å². The van der Waals surface area contributed by atoms with Crippen molar-refractivity contribution in [2.24, 2.45) is 0 Å². The maximum atomic E-state index is 12.9. The largest absolute Gasteiger partial charge is 0.493 e. The van der Waals surface area contributed by atoms with Gasteiger partial charge in [0.1, 0.15) is 11.6 Å². The SMILES string of the molecule is OCc1cc(F)ccc1OCCc1ccccn1. The molecule has 0 aliphatic rings. The first-order chi connectivity index (χ1) is 8.79. The van der Waals surface area contributed by atoms with E-state index in [1.165, 1.54) is 18.2 Å². The second kappa shape index (κ2) is 6.12. The predicted octanol–water partition coefficient (Wildman–Crippen LogP) is 2.33. The second-order valence-corrected chi connectivity index (χ2v) is 3.83. The van der Waals surface area contributed by atoms with E-state index in [-0.39, 0.29) is 12.4 Å². The van der Waals surface area contributed by atoms with Crippen molar-refractivity contribution < 1.29 is 14.2 Å². The fourth-order valence-corrected chi connectivity index (χ4v) is 1.62. The van der Waals surface area contributed by atoms with Gasteiger partial charge in [-0.2, -0.15) is 0 Å². The van der Waals surface area contributed by atoms with Crippen LogP contribution < -0.4 is 4.74 Å². The molecule has 0 saturated carbocycles. The molecule has 0 aliphatic carbocycles. The normalized spacial score (nSPS) is 10.3. The van der Waals surface area contributed by atoms with E-state index in [4.69, 9.17) is 9.84 Å². The van der Waals surface area contributed by atoms with Crippen LogP contribution in [0, 0.1) is 5.82 Å². The third-order valence-electron chi connectivity index (χ3n) is 2.53. The lowest BCUT2D eigenvalue weighted by Crippen LogP contribution is -2.04. The van der Waals surface area contributed by atoms with Gasteiger partial charge in [0, 0.05) is 23.9 Å². The number of aliphatic hydroxyl groups is 1. The molecule has 18 heavy (non-hydrogen) atoms. The second-order valence-electron chi connectivity index (χ2n) is 3.83. The molecule has 3 nitrogen and oxygen atoms in total. The fourth-order valence-electron chi connectivity index (χ4n) is 1.62. The van der Waals surface area contributed by atoms with Crippen molar-refractivity contribution in [2.45, 2.75) is 13.0 Å². The molecule has 0 amide bonds. The minimum absolute atomic E-state index is 0.239. The summed E-state index contributed by atoms with van der Waals surface area (Å²) in [6.45, 7) is 0.201. The van der Waals surface area contributed by atoms with Crippen molar-refractivity contribution in [2.75, 3.05) is 6.61 Å². The summed E-state index contributed by atoms with van der Waals surface area (Å²) in [5.41, 5.74) is 1.39. The number of rotatable bonds is 5. The quantitative estimate of drug-likeness (QED) is 0.881. The molecule has 1 aromatic heterocycles. The van der Waals surface area contributed by atoms with E-state index in [9.17, 15) is 4.39 Å². The summed E-state index contributed by atoms with van der Waals surface area (Å²) in [4.78, 5) is 4.18. The number of halogens is 1. The molecule has 94 valence electrons. The highest BCUT2D eigenvalue weighted by molar-refractivity contribution is 5.33. The van der Waals surface area contributed by atoms with Gasteiger partial charge in [-0.1, -0.05) is 6.07 Å². The minimum Gasteiger partial charge on any atom is -0.493 e. The fraction of sp³-hybridized carbons (Fsp3) is 0.214. The molecule has 0 aliphatic heterocycles. The first-order valence-corrected chi connectivity index (χ1v) is 5.71. The Balaban J connectivity index is 1.94. The van der Waals surface area contributed by atoms with Gasteiger partial charge in [-0.15, -0.1) is 0 Å². The lowest BCUT2D eigenvalue weighted by molar-refractivity contribution is 0.262. The van der Waals surface area contributed by atoms with Crippen LogP contribution in [0.25, 0.3) is 0 Å². The molecule has 1 heterocycles. The molecular weight excluding hydrogens is 233 g/mol. The van der Waals surface area contributed by atoms with Crippen LogP contribution in [0.4, 0.5) is 4.39 Å². The third kappa shape index (κ3) is 3.28. The van der Waals surface area contributed by atoms with E-state index in [0.29, 0.717) is 24.3 Å². The molecule has 0 unspecified atom stereocenters. The van der Waals surface area contributed by atoms with E-state index in [1.54, 1.807) is 6.20 Å². The number of benzene rings is 1. The molecule has 0 bridgehead atoms. The molecule has 0 radical (unpaired) electrons. The Morgan fingerprint density at radius 3 is 2.83 bits per heavy atom. The number of pyridine rings is 1. The monoisotopic (exact) mass is 247 g/mol. The van der Waals surface area contributed by atoms with Gasteiger partial charge in [0.05, 0.1) is 13.2 Å². The van der Waals surface area contributed by atoms with E-state index >= 15 is 0 Å². The van der Waals surface area contributed by atoms with Crippen LogP contribution in [0.2, 0.25) is 0 Å². The Hall–Kier alpha value is -1.94. The average molecular weight is 247 g/mol. The van der Waals surface area contributed by atoms with Crippen LogP contribution >= 0.6 is 0 Å². The number of hydrogen-bond donors (Lipinski definition) is 1. The van der Waals surface area contributed by atoms with Gasteiger partial charge in [-0.05, 0) is 30.3 Å². The minimum atomic E-state index is -0.379. The molecular formula is C14H14FNO2. The number of ether oxygens (including phenoxy) is 1. The summed E-state index contributed by atoms with van der Waals surface area (Å²) >= 11 is 0. The molecule has 0 saturated heterocycles. The van der Waals surface area contributed by atoms with E-state index in [1.807, 2.05) is 18.2 Å². The van der Waals surface area contributed by atoms with Gasteiger partial charge >= 0.3 is 0 Å². The Kier molecular flexibility index (Phi) is 4.25. The standard InChI is InChI=1S/C14H14FNO2/c15-12-4-5-14(11(9-12)10-17)18-8-6-13-3-1-2-7-16-13/h1-5,7,9,17H,6,8,10H2. The molecule has 1 N–H and O–H groups in total. The van der Waals surface area contributed by atoms with Crippen LogP contribution in [0.5, 0.6) is 5.75 Å². The van der Waals surface area contributed by atoms with E-state index < -0.39 is 0 Å². The number of aromatic nitrogens is 1. The Morgan fingerprint density at radius 2 is 2.11 bits per heavy atom. The zero-order valence-electron chi connectivity index (χ0n) is 9.84. The molecule has 2 aromatic rings. The molecule has 2 rings (SSSR count). The Labute approximate surface area is 105 Å². The molecule has 1 aromatic carbocycles. The van der Waals surface area contributed by atoms with Crippen molar-refractivity contribution in [3.05, 3.63) is 59.7 Å². The van der Waals surface area contributed by atoms with Crippen molar-refractivity contribution in [3.63, 3.8) is 0 Å². The van der Waals surface area contributed by atoms with Crippen molar-refractivity contribution >= 4 is 0 Å². The summed E-state index contributed by atoms with van der Waals surface area (Å²) in [5, 5.41) is 9.10. The summed E-state index contributed by atoms with van der Waals surface area (Å²) in [6, 6.07) is 9.80. The van der Waals surface area contributed by atoms with E-state index in [2.05, 4.69) is 4.98 Å². The molecule has 0 atom stereocenters. The van der Waals surface area contributed by atoms with Gasteiger partial charge in [-0.3, -0.25) is 4.98 Å². The highest BCUT2D eigenvalue weighted by atomic mass is 19.1. The number of hydrogen-bond acceptors (Lipinski definition) is 3. The van der Waals surface area contributed by atoms with Gasteiger partial charge in [0.15, 0.2) is 0 Å². The predicted molar refractivity (Wildman–Crippen MR) is 65.8 cm³/mol. The Morgan fingerprint density at radius 1 is 1.22 bits per heavy atom. The summed E-state index contributed by atoms with van der Waals surface area (Å²) in [5.74, 6) is 0.131. The number of nitrogens with zero attached hydrogens (tertiary/aromatic N) is 1. The molecule has 0 fully saturated rings. The average Bonchev–Trinajstić information content (AvgIpc) is 2.41. The van der Waals surface area contributed by atoms with Crippen LogP contribution in [-0.2, 0) is 13.0 Å². The van der Waals surface area contributed by atoms with Crippen LogP contribution in [0.15, 0.2) is 42.6 Å². The van der Waals surface area contributed by atoms with Crippen molar-refractivity contribution in [1.29, 1.82) is 0 Å². The summed E-state index contributed by atoms with van der Waals surface area (Å²) in [7, 11) is 0. The molecule has 0 spiro atoms. The maximum absolute atomic E-state index is 12.9. The smallest absolute Gasteiger partial charge is 0.125 e. The van der Waals surface area contributed by atoms with Crippen LogP contribution in [-0.4, -0.2) is 16.7 Å². The van der Waals surface area contributed by atoms with Crippen molar-refractivity contribution in [1.82, 2.24) is 4.98 Å². The Bertz CT molecular complexity index is 502. The third-order valence-corrected chi connectivity index (χ3v) is 2.53. The van der Waals surface area contributed by atoms with Gasteiger partial charge in [0.25, 0.3) is 0 Å². The van der Waals surface area contributed by atoms with Crippen LogP contribution in [0.3, 0.4) is 0 Å². The summed E-state index contributed by atoms with van der Waals surface area (Å²) < 4.78 is 18.5. The lowest BCUT2D eigenvalue weighted by atomic mass is 10.2. The zero-order chi connectivity index (χ0) is 12.8. The van der Waals surface area contributed by atoms with Gasteiger partial charge < -0.3 is 9.84 Å². The van der Waals surface area contributed by atoms with Crippen LogP contribution in [0.1, 0.15) is 11.3 Å². The lowest BCUT2D eigenvalue weighted by Gasteiger charge is -2.09. The first-order valence-electron chi connectivity index (χ1n) is 5.71. The topological polar surface area (TPSA) is 42.4 Å². The number of aliphatic hydroxyl groups excluding tert-OH is 1. The van der Waals surface area contributed by atoms with Gasteiger partial charge in [-0.25, -0.2) is 4.39 Å². The highest BCUT2D eigenvalue weighted by Gasteiger charge is 2.04. The van der Waals surface area contributed by atoms with E-state index in [0.717, 1.165) is 5.69 Å². The first kappa shape index (κ1) is 12.5. The molecule has 4 heteroatoms. The summed E-state index contributed by atoms with van der Waals surface area (Å²) in [6.07, 6.45) is 2.40. The zero-order valence-corrected chi connectivity index (χ0v) is 9.84. The maximum Gasteiger partial charge on any atom is 0.125 e. The van der Waals surface area contributed by atoms with Crippen molar-refractivity contribution in [3.8, 4) is 5.75 Å².